The number of nitrogens with zero attached hydrogens (tertiary/aromatic N) is 3. The topological polar surface area (TPSA) is 70.2 Å². The lowest BCUT2D eigenvalue weighted by Gasteiger charge is -2.37. The lowest BCUT2D eigenvalue weighted by molar-refractivity contribution is -0.121. The van der Waals surface area contributed by atoms with Gasteiger partial charge in [0.2, 0.25) is 0 Å². The summed E-state index contributed by atoms with van der Waals surface area (Å²) in [5.41, 5.74) is 4.99. The number of piperazine rings is 1. The maximum absolute atomic E-state index is 13.3. The van der Waals surface area contributed by atoms with Crippen LogP contribution in [0, 0.1) is 6.92 Å². The van der Waals surface area contributed by atoms with Crippen molar-refractivity contribution in [3.05, 3.63) is 89.0 Å². The van der Waals surface area contributed by atoms with Crippen molar-refractivity contribution in [1.82, 2.24) is 4.90 Å². The van der Waals surface area contributed by atoms with Crippen LogP contribution in [0.25, 0.3) is 0 Å². The number of anilines is 2. The molecule has 0 aromatic heterocycles. The first-order valence-electron chi connectivity index (χ1n) is 12.2. The van der Waals surface area contributed by atoms with Crippen LogP contribution in [0.15, 0.2) is 66.7 Å². The van der Waals surface area contributed by atoms with Gasteiger partial charge in [0, 0.05) is 43.0 Å². The molecule has 3 aromatic rings. The van der Waals surface area contributed by atoms with E-state index in [-0.39, 0.29) is 24.2 Å². The Kier molecular flexibility index (Phi) is 6.46. The normalized spacial score (nSPS) is 15.4. The number of amides is 2. The van der Waals surface area contributed by atoms with Crippen LogP contribution in [0.5, 0.6) is 5.75 Å². The fourth-order valence-corrected chi connectivity index (χ4v) is 4.83. The largest absolute Gasteiger partial charge is 0.482 e. The number of carbonyl (C=O) groups is 3. The summed E-state index contributed by atoms with van der Waals surface area (Å²) in [6.07, 6.45) is 0. The number of aryl methyl sites for hydroxylation is 1. The second-order valence-electron chi connectivity index (χ2n) is 9.27. The van der Waals surface area contributed by atoms with Gasteiger partial charge in [0.1, 0.15) is 5.75 Å². The number of carbonyl (C=O) groups excluding carboxylic acids is 3. The number of hydrogen-bond donors (Lipinski definition) is 0. The molecule has 0 radical (unpaired) electrons. The lowest BCUT2D eigenvalue weighted by atomic mass is 10.1. The van der Waals surface area contributed by atoms with Crippen molar-refractivity contribution in [2.45, 2.75) is 20.4 Å². The van der Waals surface area contributed by atoms with E-state index in [1.54, 1.807) is 23.1 Å². The van der Waals surface area contributed by atoms with Crippen LogP contribution in [-0.4, -0.2) is 55.3 Å². The number of hydrogen-bond acceptors (Lipinski definition) is 5. The van der Waals surface area contributed by atoms with E-state index in [9.17, 15) is 14.4 Å². The molecule has 2 aliphatic rings. The summed E-state index contributed by atoms with van der Waals surface area (Å²) in [6, 6.07) is 20.9. The van der Waals surface area contributed by atoms with Crippen molar-refractivity contribution in [2.75, 3.05) is 42.6 Å². The van der Waals surface area contributed by atoms with Gasteiger partial charge in [0.05, 0.1) is 12.2 Å². The summed E-state index contributed by atoms with van der Waals surface area (Å²) in [5.74, 6) is 0.297. The predicted octanol–water partition coefficient (Wildman–Crippen LogP) is 4.09. The monoisotopic (exact) mass is 483 g/mol. The molecule has 2 aliphatic heterocycles. The average molecular weight is 484 g/mol. The molecule has 0 unspecified atom stereocenters. The third-order valence-corrected chi connectivity index (χ3v) is 6.85. The molecule has 0 N–H and O–H groups in total. The SMILES string of the molecule is CC(=O)c1ccc2c(c1)N(Cc1cccc(C(=O)N3CCN(c4ccccc4C)CC3)c1)C(=O)CO2. The minimum absolute atomic E-state index is 0.00569. The molecule has 0 atom stereocenters. The summed E-state index contributed by atoms with van der Waals surface area (Å²) < 4.78 is 5.56. The molecule has 7 heteroatoms. The molecular formula is C29H29N3O4. The number of benzene rings is 3. The third-order valence-electron chi connectivity index (χ3n) is 6.85. The van der Waals surface area contributed by atoms with E-state index in [0.29, 0.717) is 42.2 Å². The highest BCUT2D eigenvalue weighted by molar-refractivity contribution is 6.01. The molecule has 0 aliphatic carbocycles. The van der Waals surface area contributed by atoms with Gasteiger partial charge in [-0.15, -0.1) is 0 Å². The maximum atomic E-state index is 13.3. The molecule has 0 spiro atoms. The van der Waals surface area contributed by atoms with Gasteiger partial charge in [-0.2, -0.15) is 0 Å². The number of para-hydroxylation sites is 1. The van der Waals surface area contributed by atoms with Gasteiger partial charge in [-0.05, 0) is 61.4 Å². The van der Waals surface area contributed by atoms with E-state index in [4.69, 9.17) is 4.74 Å². The number of ketones is 1. The van der Waals surface area contributed by atoms with Gasteiger partial charge in [0.15, 0.2) is 12.4 Å². The Labute approximate surface area is 210 Å². The Bertz CT molecular complexity index is 1330. The van der Waals surface area contributed by atoms with Crippen molar-refractivity contribution in [1.29, 1.82) is 0 Å². The highest BCUT2D eigenvalue weighted by Gasteiger charge is 2.27. The number of rotatable bonds is 5. The minimum Gasteiger partial charge on any atom is -0.482 e. The molecule has 2 amide bonds. The summed E-state index contributed by atoms with van der Waals surface area (Å²) in [4.78, 5) is 43.7. The minimum atomic E-state index is -0.188. The zero-order chi connectivity index (χ0) is 25.2. The molecule has 1 fully saturated rings. The van der Waals surface area contributed by atoms with Gasteiger partial charge in [-0.3, -0.25) is 14.4 Å². The Hall–Kier alpha value is -4.13. The summed E-state index contributed by atoms with van der Waals surface area (Å²) in [6.45, 7) is 6.71. The molecular weight excluding hydrogens is 454 g/mol. The predicted molar refractivity (Wildman–Crippen MR) is 139 cm³/mol. The van der Waals surface area contributed by atoms with E-state index in [0.717, 1.165) is 18.7 Å². The molecule has 7 nitrogen and oxygen atoms in total. The molecule has 0 saturated carbocycles. The highest BCUT2D eigenvalue weighted by Crippen LogP contribution is 2.34. The first-order chi connectivity index (χ1) is 17.4. The quantitative estimate of drug-likeness (QED) is 0.512. The first-order valence-corrected chi connectivity index (χ1v) is 12.2. The van der Waals surface area contributed by atoms with E-state index in [1.165, 1.54) is 18.2 Å². The number of fused-ring (bicyclic) bond motifs is 1. The van der Waals surface area contributed by atoms with E-state index in [1.807, 2.05) is 41.3 Å². The summed E-state index contributed by atoms with van der Waals surface area (Å²) in [7, 11) is 0. The second-order valence-corrected chi connectivity index (χ2v) is 9.27. The van der Waals surface area contributed by atoms with Crippen LogP contribution < -0.4 is 14.5 Å². The van der Waals surface area contributed by atoms with Crippen LogP contribution in [-0.2, 0) is 11.3 Å². The fraction of sp³-hybridized carbons (Fsp3) is 0.276. The molecule has 2 heterocycles. The van der Waals surface area contributed by atoms with Crippen LogP contribution in [0.4, 0.5) is 11.4 Å². The van der Waals surface area contributed by atoms with Gasteiger partial charge >= 0.3 is 0 Å². The molecule has 184 valence electrons. The van der Waals surface area contributed by atoms with Crippen LogP contribution in [0.3, 0.4) is 0 Å². The standard InChI is InChI=1S/C29H29N3O4/c1-20-6-3-4-9-25(20)30-12-14-31(15-13-30)29(35)24-8-5-7-22(16-24)18-32-26-17-23(21(2)33)10-11-27(26)36-19-28(32)34/h3-11,16-17H,12-15,18-19H2,1-2H3. The summed E-state index contributed by atoms with van der Waals surface area (Å²) >= 11 is 0. The maximum Gasteiger partial charge on any atom is 0.265 e. The van der Waals surface area contributed by atoms with Crippen LogP contribution in [0.1, 0.15) is 38.8 Å². The van der Waals surface area contributed by atoms with Gasteiger partial charge in [-0.25, -0.2) is 0 Å². The second kappa shape index (κ2) is 9.85. The molecule has 5 rings (SSSR count). The third kappa shape index (κ3) is 4.69. The van der Waals surface area contributed by atoms with Crippen molar-refractivity contribution in [3.8, 4) is 5.75 Å². The van der Waals surface area contributed by atoms with Gasteiger partial charge in [-0.1, -0.05) is 30.3 Å². The van der Waals surface area contributed by atoms with Crippen LogP contribution >= 0.6 is 0 Å². The molecule has 1 saturated heterocycles. The van der Waals surface area contributed by atoms with Crippen molar-refractivity contribution in [3.63, 3.8) is 0 Å². The Balaban J connectivity index is 1.30. The first kappa shape index (κ1) is 23.6. The zero-order valence-electron chi connectivity index (χ0n) is 20.6. The van der Waals surface area contributed by atoms with Gasteiger partial charge in [0.25, 0.3) is 11.8 Å². The highest BCUT2D eigenvalue weighted by atomic mass is 16.5. The van der Waals surface area contributed by atoms with Crippen LogP contribution in [0.2, 0.25) is 0 Å². The zero-order valence-corrected chi connectivity index (χ0v) is 20.6. The van der Waals surface area contributed by atoms with E-state index < -0.39 is 0 Å². The summed E-state index contributed by atoms with van der Waals surface area (Å²) in [5, 5.41) is 0. The average Bonchev–Trinajstić information content (AvgIpc) is 2.90. The molecule has 36 heavy (non-hydrogen) atoms. The van der Waals surface area contributed by atoms with Gasteiger partial charge < -0.3 is 19.4 Å². The van der Waals surface area contributed by atoms with E-state index >= 15 is 0 Å². The number of ether oxygens (including phenoxy) is 1. The Morgan fingerprint density at radius 3 is 2.39 bits per heavy atom. The smallest absolute Gasteiger partial charge is 0.265 e. The van der Waals surface area contributed by atoms with Crippen molar-refractivity contribution in [2.24, 2.45) is 0 Å². The molecule has 3 aromatic carbocycles. The Morgan fingerprint density at radius 2 is 1.64 bits per heavy atom. The molecule has 0 bridgehead atoms. The number of Topliss-reactive ketones (excluding diaryl/α,β-unsaturated/α-hetero) is 1. The Morgan fingerprint density at radius 1 is 0.861 bits per heavy atom. The fourth-order valence-electron chi connectivity index (χ4n) is 4.83. The lowest BCUT2D eigenvalue weighted by Crippen LogP contribution is -2.49. The van der Waals surface area contributed by atoms with Crippen molar-refractivity contribution >= 4 is 29.0 Å². The van der Waals surface area contributed by atoms with Crippen molar-refractivity contribution < 1.29 is 19.1 Å². The van der Waals surface area contributed by atoms with E-state index in [2.05, 4.69) is 24.0 Å².